The van der Waals surface area contributed by atoms with E-state index in [9.17, 15) is 0 Å². The molecule has 8 heteroatoms. The van der Waals surface area contributed by atoms with Crippen LogP contribution < -0.4 is 4.90 Å². The normalized spacial score (nSPS) is 19.9. The molecule has 0 saturated carbocycles. The van der Waals surface area contributed by atoms with E-state index in [2.05, 4.69) is 33.0 Å². The third kappa shape index (κ3) is 2.35. The average Bonchev–Trinajstić information content (AvgIpc) is 2.98. The van der Waals surface area contributed by atoms with Crippen LogP contribution in [0.15, 0.2) is 6.07 Å². The van der Waals surface area contributed by atoms with Gasteiger partial charge in [-0.3, -0.25) is 4.68 Å². The first kappa shape index (κ1) is 14.4. The van der Waals surface area contributed by atoms with E-state index < -0.39 is 0 Å². The molecule has 4 heterocycles. The van der Waals surface area contributed by atoms with Gasteiger partial charge in [-0.1, -0.05) is 0 Å². The van der Waals surface area contributed by atoms with Crippen molar-refractivity contribution in [3.05, 3.63) is 22.6 Å². The Morgan fingerprint density at radius 3 is 3.04 bits per heavy atom. The van der Waals surface area contributed by atoms with Crippen molar-refractivity contribution in [2.45, 2.75) is 25.9 Å². The lowest BCUT2D eigenvalue weighted by Gasteiger charge is -2.36. The predicted molar refractivity (Wildman–Crippen MR) is 84.3 cm³/mol. The van der Waals surface area contributed by atoms with Gasteiger partial charge in [0.05, 0.1) is 30.6 Å². The second-order valence-electron chi connectivity index (χ2n) is 5.76. The van der Waals surface area contributed by atoms with E-state index in [1.807, 2.05) is 4.68 Å². The number of morpholine rings is 1. The van der Waals surface area contributed by atoms with Crippen LogP contribution in [0.3, 0.4) is 0 Å². The topological polar surface area (TPSA) is 79.9 Å². The molecular weight excluding hydrogens is 316 g/mol. The van der Waals surface area contributed by atoms with Crippen molar-refractivity contribution in [3.63, 3.8) is 0 Å². The van der Waals surface area contributed by atoms with Gasteiger partial charge in [-0.15, -0.1) is 0 Å². The Kier molecular flexibility index (Phi) is 3.43. The van der Waals surface area contributed by atoms with Crippen molar-refractivity contribution in [1.82, 2.24) is 19.7 Å². The first-order chi connectivity index (χ1) is 11.2. The molecule has 0 bridgehead atoms. The zero-order chi connectivity index (χ0) is 16.0. The van der Waals surface area contributed by atoms with Gasteiger partial charge in [0.1, 0.15) is 11.9 Å². The molecule has 1 saturated heterocycles. The van der Waals surface area contributed by atoms with Crippen molar-refractivity contribution in [3.8, 4) is 17.5 Å². The lowest BCUT2D eigenvalue weighted by Crippen LogP contribution is -2.45. The van der Waals surface area contributed by atoms with E-state index in [0.717, 1.165) is 35.7 Å². The highest BCUT2D eigenvalue weighted by Crippen LogP contribution is 2.35. The number of halogens is 1. The van der Waals surface area contributed by atoms with Crippen LogP contribution in [0.25, 0.3) is 11.4 Å². The Labute approximate surface area is 138 Å². The number of hydrogen-bond acceptors (Lipinski definition) is 6. The summed E-state index contributed by atoms with van der Waals surface area (Å²) < 4.78 is 7.33. The third-order valence-electron chi connectivity index (χ3n) is 4.31. The minimum Gasteiger partial charge on any atom is -0.377 e. The lowest BCUT2D eigenvalue weighted by molar-refractivity contribution is 0.0984. The van der Waals surface area contributed by atoms with Gasteiger partial charge in [-0.05, 0) is 24.9 Å². The highest BCUT2D eigenvalue weighted by molar-refractivity contribution is 6.28. The Morgan fingerprint density at radius 1 is 1.39 bits per heavy atom. The Balaban J connectivity index is 1.86. The Hall–Kier alpha value is -2.17. The molecule has 2 aromatic rings. The zero-order valence-corrected chi connectivity index (χ0v) is 13.4. The summed E-state index contributed by atoms with van der Waals surface area (Å²) in [4.78, 5) is 11.1. The minimum atomic E-state index is 0.214. The molecule has 1 fully saturated rings. The average molecular weight is 331 g/mol. The molecule has 2 aromatic heterocycles. The highest BCUT2D eigenvalue weighted by Gasteiger charge is 2.29. The van der Waals surface area contributed by atoms with Gasteiger partial charge >= 0.3 is 0 Å². The van der Waals surface area contributed by atoms with Crippen LogP contribution in [0.2, 0.25) is 5.28 Å². The summed E-state index contributed by atoms with van der Waals surface area (Å²) in [7, 11) is 0. The molecule has 4 rings (SSSR count). The molecule has 0 N–H and O–H groups in total. The summed E-state index contributed by atoms with van der Waals surface area (Å²) >= 11 is 6.18. The molecule has 118 valence electrons. The number of nitriles is 1. The molecule has 1 atom stereocenters. The smallest absolute Gasteiger partial charge is 0.224 e. The van der Waals surface area contributed by atoms with Crippen molar-refractivity contribution in [2.75, 3.05) is 24.7 Å². The largest absolute Gasteiger partial charge is 0.377 e. The minimum absolute atomic E-state index is 0.214. The Bertz CT molecular complexity index is 811. The molecule has 2 aliphatic heterocycles. The summed E-state index contributed by atoms with van der Waals surface area (Å²) in [5.74, 6) is 0.877. The SMILES string of the molecule is CC1COCCN1c1nc(Cl)nc2c1CCn1nc(C#N)cc1-2. The molecule has 0 spiro atoms. The number of aryl methyl sites for hydroxylation is 1. The Morgan fingerprint density at radius 2 is 2.26 bits per heavy atom. The first-order valence-electron chi connectivity index (χ1n) is 7.56. The van der Waals surface area contributed by atoms with Gasteiger partial charge < -0.3 is 9.64 Å². The van der Waals surface area contributed by atoms with Crippen LogP contribution >= 0.6 is 11.6 Å². The van der Waals surface area contributed by atoms with E-state index in [-0.39, 0.29) is 11.3 Å². The molecule has 2 aliphatic rings. The van der Waals surface area contributed by atoms with Gasteiger partial charge in [0, 0.05) is 24.7 Å². The van der Waals surface area contributed by atoms with Crippen LogP contribution in [-0.2, 0) is 17.7 Å². The zero-order valence-electron chi connectivity index (χ0n) is 12.7. The van der Waals surface area contributed by atoms with Gasteiger partial charge in [0.15, 0.2) is 5.69 Å². The summed E-state index contributed by atoms with van der Waals surface area (Å²) in [6.45, 7) is 4.96. The maximum Gasteiger partial charge on any atom is 0.224 e. The van der Waals surface area contributed by atoms with Crippen LogP contribution in [0.5, 0.6) is 0 Å². The van der Waals surface area contributed by atoms with E-state index >= 15 is 0 Å². The number of rotatable bonds is 1. The van der Waals surface area contributed by atoms with Crippen LogP contribution in [0, 0.1) is 11.3 Å². The van der Waals surface area contributed by atoms with Gasteiger partial charge in [0.25, 0.3) is 0 Å². The van der Waals surface area contributed by atoms with Crippen molar-refractivity contribution < 1.29 is 4.74 Å². The molecule has 23 heavy (non-hydrogen) atoms. The number of hydrogen-bond donors (Lipinski definition) is 0. The molecule has 0 amide bonds. The third-order valence-corrected chi connectivity index (χ3v) is 4.48. The van der Waals surface area contributed by atoms with Crippen LogP contribution in [0.1, 0.15) is 18.2 Å². The van der Waals surface area contributed by atoms with Crippen molar-refractivity contribution >= 4 is 17.4 Å². The first-order valence-corrected chi connectivity index (χ1v) is 7.94. The highest BCUT2D eigenvalue weighted by atomic mass is 35.5. The second kappa shape index (κ2) is 5.48. The molecular formula is C15H15ClN6O. The van der Waals surface area contributed by atoms with E-state index in [4.69, 9.17) is 21.6 Å². The van der Waals surface area contributed by atoms with E-state index in [0.29, 0.717) is 25.5 Å². The number of ether oxygens (including phenoxy) is 1. The summed E-state index contributed by atoms with van der Waals surface area (Å²) in [5, 5.41) is 13.6. The maximum atomic E-state index is 9.08. The molecule has 1 unspecified atom stereocenters. The fraction of sp³-hybridized carbons (Fsp3) is 0.467. The molecule has 0 radical (unpaired) electrons. The summed E-state index contributed by atoms with van der Waals surface area (Å²) in [5.41, 5.74) is 3.07. The molecule has 0 aliphatic carbocycles. The summed E-state index contributed by atoms with van der Waals surface area (Å²) in [6, 6.07) is 4.07. The predicted octanol–water partition coefficient (Wildman–Crippen LogP) is 1.65. The van der Waals surface area contributed by atoms with E-state index in [1.165, 1.54) is 0 Å². The van der Waals surface area contributed by atoms with Crippen molar-refractivity contribution in [2.24, 2.45) is 0 Å². The number of anilines is 1. The standard InChI is InChI=1S/C15H15ClN6O/c1-9-8-23-5-4-21(9)14-11-2-3-22-12(6-10(7-17)20-22)13(11)18-15(16)19-14/h6,9H,2-5,8H2,1H3. The number of fused-ring (bicyclic) bond motifs is 3. The fourth-order valence-electron chi connectivity index (χ4n) is 3.22. The van der Waals surface area contributed by atoms with E-state index in [1.54, 1.807) is 6.07 Å². The van der Waals surface area contributed by atoms with Crippen molar-refractivity contribution in [1.29, 1.82) is 5.26 Å². The number of aromatic nitrogens is 4. The maximum absolute atomic E-state index is 9.08. The lowest BCUT2D eigenvalue weighted by atomic mass is 10.0. The van der Waals surface area contributed by atoms with Crippen LogP contribution in [-0.4, -0.2) is 45.5 Å². The fourth-order valence-corrected chi connectivity index (χ4v) is 3.38. The van der Waals surface area contributed by atoms with Gasteiger partial charge in [0.2, 0.25) is 5.28 Å². The van der Waals surface area contributed by atoms with Crippen LogP contribution in [0.4, 0.5) is 5.82 Å². The monoisotopic (exact) mass is 330 g/mol. The van der Waals surface area contributed by atoms with Gasteiger partial charge in [-0.25, -0.2) is 9.97 Å². The number of nitrogens with zero attached hydrogens (tertiary/aromatic N) is 6. The second-order valence-corrected chi connectivity index (χ2v) is 6.10. The summed E-state index contributed by atoms with van der Waals surface area (Å²) in [6.07, 6.45) is 0.769. The molecule has 0 aromatic carbocycles. The van der Waals surface area contributed by atoms with Gasteiger partial charge in [-0.2, -0.15) is 10.4 Å². The molecule has 7 nitrogen and oxygen atoms in total. The quantitative estimate of drug-likeness (QED) is 0.740.